The first-order valence-electron chi connectivity index (χ1n) is 4.82. The molecule has 17 heavy (non-hydrogen) atoms. The van der Waals surface area contributed by atoms with Crippen LogP contribution in [0.2, 0.25) is 0 Å². The second-order valence-corrected chi connectivity index (χ2v) is 4.73. The van der Waals surface area contributed by atoms with Gasteiger partial charge in [-0.15, -0.1) is 0 Å². The van der Waals surface area contributed by atoms with Gasteiger partial charge in [-0.05, 0) is 51.9 Å². The summed E-state index contributed by atoms with van der Waals surface area (Å²) in [5.74, 6) is 0. The normalized spacial score (nSPS) is 11.5. The first kappa shape index (κ1) is 12.4. The number of hydrogen-bond donors (Lipinski definition) is 0. The van der Waals surface area contributed by atoms with E-state index in [4.69, 9.17) is 0 Å². The van der Waals surface area contributed by atoms with Gasteiger partial charge in [-0.25, -0.2) is 0 Å². The van der Waals surface area contributed by atoms with E-state index in [1.807, 2.05) is 12.1 Å². The Balaban J connectivity index is 2.43. The minimum absolute atomic E-state index is 0.455. The van der Waals surface area contributed by atoms with Gasteiger partial charge in [0, 0.05) is 9.64 Å². The van der Waals surface area contributed by atoms with Crippen molar-refractivity contribution < 1.29 is 13.2 Å². The summed E-state index contributed by atoms with van der Waals surface area (Å²) >= 11 is 2.15. The van der Waals surface area contributed by atoms with Crippen molar-refractivity contribution in [2.45, 2.75) is 6.18 Å². The Morgan fingerprint density at radius 2 is 1.59 bits per heavy atom. The summed E-state index contributed by atoms with van der Waals surface area (Å²) in [5, 5.41) is 0. The molecule has 0 aliphatic carbocycles. The number of alkyl halides is 3. The molecule has 2 rings (SSSR count). The fourth-order valence-electron chi connectivity index (χ4n) is 1.43. The van der Waals surface area contributed by atoms with Gasteiger partial charge >= 0.3 is 6.18 Å². The maximum absolute atomic E-state index is 12.5. The molecule has 0 saturated heterocycles. The molecule has 87 valence electrons. The predicted octanol–water partition coefficient (Wildman–Crippen LogP) is 4.78. The van der Waals surface area contributed by atoms with Gasteiger partial charge in [0.15, 0.2) is 0 Å². The molecule has 0 saturated carbocycles. The zero-order valence-electron chi connectivity index (χ0n) is 8.55. The first-order valence-corrected chi connectivity index (χ1v) is 5.90. The quantitative estimate of drug-likeness (QED) is 0.652. The third-order valence-electron chi connectivity index (χ3n) is 2.26. The van der Waals surface area contributed by atoms with Crippen LogP contribution in [0.3, 0.4) is 0 Å². The molecular weight excluding hydrogens is 340 g/mol. The van der Waals surface area contributed by atoms with Gasteiger partial charge in [0.25, 0.3) is 0 Å². The van der Waals surface area contributed by atoms with E-state index >= 15 is 0 Å². The third kappa shape index (κ3) is 3.00. The Morgan fingerprint density at radius 3 is 2.18 bits per heavy atom. The second-order valence-electron chi connectivity index (χ2n) is 3.48. The van der Waals surface area contributed by atoms with Crippen LogP contribution >= 0.6 is 22.6 Å². The topological polar surface area (TPSA) is 0 Å². The van der Waals surface area contributed by atoms with Crippen LogP contribution in [0.1, 0.15) is 5.56 Å². The van der Waals surface area contributed by atoms with E-state index < -0.39 is 11.7 Å². The maximum Gasteiger partial charge on any atom is 0.417 e. The molecule has 2 aromatic carbocycles. The molecule has 0 unspecified atom stereocenters. The highest BCUT2D eigenvalue weighted by Crippen LogP contribution is 2.31. The van der Waals surface area contributed by atoms with Crippen molar-refractivity contribution in [3.05, 3.63) is 57.7 Å². The Labute approximate surface area is 111 Å². The number of hydrogen-bond acceptors (Lipinski definition) is 0. The van der Waals surface area contributed by atoms with E-state index in [0.29, 0.717) is 5.56 Å². The molecule has 0 aromatic heterocycles. The van der Waals surface area contributed by atoms with Crippen molar-refractivity contribution in [3.63, 3.8) is 0 Å². The van der Waals surface area contributed by atoms with Gasteiger partial charge in [0.2, 0.25) is 0 Å². The van der Waals surface area contributed by atoms with Gasteiger partial charge in [-0.1, -0.05) is 24.3 Å². The van der Waals surface area contributed by atoms with Gasteiger partial charge in [-0.2, -0.15) is 13.2 Å². The molecule has 0 aliphatic rings. The number of benzene rings is 2. The van der Waals surface area contributed by atoms with Crippen LogP contribution in [0.5, 0.6) is 0 Å². The molecule has 0 atom stereocenters. The van der Waals surface area contributed by atoms with Gasteiger partial charge in [-0.3, -0.25) is 0 Å². The summed E-state index contributed by atoms with van der Waals surface area (Å²) < 4.78 is 38.6. The Bertz CT molecular complexity index is 515. The van der Waals surface area contributed by atoms with E-state index in [1.165, 1.54) is 6.07 Å². The molecule has 4 heteroatoms. The molecule has 0 bridgehead atoms. The molecule has 0 spiro atoms. The highest BCUT2D eigenvalue weighted by Gasteiger charge is 2.30. The van der Waals surface area contributed by atoms with Crippen molar-refractivity contribution in [1.82, 2.24) is 0 Å². The zero-order chi connectivity index (χ0) is 12.5. The average molecular weight is 347 g/mol. The van der Waals surface area contributed by atoms with Gasteiger partial charge in [0.05, 0.1) is 5.56 Å². The van der Waals surface area contributed by atoms with Crippen LogP contribution in [0, 0.1) is 9.64 Å². The lowest BCUT2D eigenvalue weighted by Gasteiger charge is -2.08. The Kier molecular flexibility index (Phi) is 3.42. The van der Waals surface area contributed by atoms with Gasteiger partial charge in [0.1, 0.15) is 0 Å². The van der Waals surface area contributed by atoms with Crippen LogP contribution in [0.15, 0.2) is 42.5 Å². The van der Waals surface area contributed by atoms with Crippen molar-refractivity contribution in [1.29, 1.82) is 0 Å². The fraction of sp³-hybridized carbons (Fsp3) is 0.0769. The van der Waals surface area contributed by atoms with Crippen molar-refractivity contribution in [2.75, 3.05) is 0 Å². The lowest BCUT2D eigenvalue weighted by atomic mass is 10.0. The lowest BCUT2D eigenvalue weighted by Crippen LogP contribution is -2.04. The predicted molar refractivity (Wildman–Crippen MR) is 68.4 cm³/mol. The van der Waals surface area contributed by atoms with Crippen molar-refractivity contribution >= 4 is 22.6 Å². The summed E-state index contributed by atoms with van der Waals surface area (Å²) in [6, 6.07) is 13.7. The Morgan fingerprint density at radius 1 is 0.941 bits per heavy atom. The smallest absolute Gasteiger partial charge is 0.166 e. The van der Waals surface area contributed by atoms with E-state index in [0.717, 1.165) is 15.2 Å². The molecule has 0 amide bonds. The molecule has 0 aliphatic heterocycles. The minimum Gasteiger partial charge on any atom is -0.166 e. The third-order valence-corrected chi connectivity index (χ3v) is 2.97. The number of halogens is 4. The monoisotopic (exact) mass is 347 g/mol. The highest BCUT2D eigenvalue weighted by molar-refractivity contribution is 14.1. The van der Waals surface area contributed by atoms with E-state index in [9.17, 15) is 13.2 Å². The van der Waals surface area contributed by atoms with E-state index in [2.05, 4.69) is 28.7 Å². The highest BCUT2D eigenvalue weighted by atomic mass is 127. The average Bonchev–Trinajstić information content (AvgIpc) is 2.29. The van der Waals surface area contributed by atoms with Crippen molar-refractivity contribution in [2.24, 2.45) is 0 Å². The summed E-state index contributed by atoms with van der Waals surface area (Å²) in [6.45, 7) is 0. The van der Waals surface area contributed by atoms with Crippen LogP contribution in [0.4, 0.5) is 13.2 Å². The fourth-order valence-corrected chi connectivity index (χ4v) is 1.79. The lowest BCUT2D eigenvalue weighted by molar-refractivity contribution is -0.137. The van der Waals surface area contributed by atoms with Crippen molar-refractivity contribution in [3.8, 4) is 11.1 Å². The van der Waals surface area contributed by atoms with Crippen LogP contribution < -0.4 is 0 Å². The maximum atomic E-state index is 12.5. The van der Waals surface area contributed by atoms with Crippen LogP contribution in [-0.2, 0) is 6.18 Å². The van der Waals surface area contributed by atoms with Crippen LogP contribution in [-0.4, -0.2) is 0 Å². The molecule has 0 heterocycles. The standard InChI is InChI=1S/C13H7F3I/c14-13(15,16)11-3-1-2-10(8-11)9-4-6-12(17)7-5-9/h1-7H. The minimum atomic E-state index is -4.35. The van der Waals surface area contributed by atoms with Crippen LogP contribution in [0.25, 0.3) is 11.1 Å². The Hall–Kier alpha value is -1.04. The molecular formula is C13H7F3I. The largest absolute Gasteiger partial charge is 0.417 e. The summed E-state index contributed by atoms with van der Waals surface area (Å²) in [4.78, 5) is 0. The summed E-state index contributed by atoms with van der Waals surface area (Å²) in [6.07, 6.45) is -4.35. The molecule has 0 fully saturated rings. The summed E-state index contributed by atoms with van der Waals surface area (Å²) in [7, 11) is 0. The van der Waals surface area contributed by atoms with E-state index in [1.54, 1.807) is 18.2 Å². The molecule has 1 radical (unpaired) electrons. The van der Waals surface area contributed by atoms with E-state index in [-0.39, 0.29) is 0 Å². The second kappa shape index (κ2) is 4.68. The molecule has 0 nitrogen and oxygen atoms in total. The molecule has 0 N–H and O–H groups in total. The number of rotatable bonds is 1. The SMILES string of the molecule is FC(F)(F)c1[c]c(-c2ccc(I)cc2)ccc1. The van der Waals surface area contributed by atoms with Gasteiger partial charge < -0.3 is 0 Å². The molecule has 2 aromatic rings. The first-order chi connectivity index (χ1) is 7.97. The zero-order valence-corrected chi connectivity index (χ0v) is 10.7. The summed E-state index contributed by atoms with van der Waals surface area (Å²) in [5.41, 5.74) is 0.446.